The first-order valence-corrected chi connectivity index (χ1v) is 5.53. The molecule has 0 bridgehead atoms. The van der Waals surface area contributed by atoms with Gasteiger partial charge in [0.2, 0.25) is 0 Å². The Balaban J connectivity index is 1.89. The highest BCUT2D eigenvalue weighted by atomic mass is 16.2. The van der Waals surface area contributed by atoms with E-state index < -0.39 is 0 Å². The van der Waals surface area contributed by atoms with Gasteiger partial charge in [-0.2, -0.15) is 0 Å². The molecule has 2 heterocycles. The molecule has 0 spiro atoms. The van der Waals surface area contributed by atoms with Crippen molar-refractivity contribution in [3.63, 3.8) is 0 Å². The molecule has 1 aromatic rings. The summed E-state index contributed by atoms with van der Waals surface area (Å²) < 4.78 is 0. The van der Waals surface area contributed by atoms with Crippen molar-refractivity contribution in [2.75, 3.05) is 38.5 Å². The molecule has 1 aliphatic heterocycles. The van der Waals surface area contributed by atoms with Gasteiger partial charge in [0.1, 0.15) is 0 Å². The Labute approximate surface area is 95.1 Å². The van der Waals surface area contributed by atoms with Crippen LogP contribution in [-0.4, -0.2) is 49.1 Å². The average Bonchev–Trinajstić information content (AvgIpc) is 2.31. The molecule has 1 aliphatic rings. The normalized spacial score (nSPS) is 17.2. The van der Waals surface area contributed by atoms with Gasteiger partial charge in [-0.3, -0.25) is 4.98 Å². The third-order valence-corrected chi connectivity index (χ3v) is 2.84. The third-order valence-electron chi connectivity index (χ3n) is 2.84. The Kier molecular flexibility index (Phi) is 3.36. The van der Waals surface area contributed by atoms with E-state index >= 15 is 0 Å². The van der Waals surface area contributed by atoms with Gasteiger partial charge >= 0.3 is 6.03 Å². The largest absolute Gasteiger partial charge is 0.334 e. The van der Waals surface area contributed by atoms with Crippen LogP contribution in [0.3, 0.4) is 0 Å². The zero-order chi connectivity index (χ0) is 11.4. The number of carbonyl (C=O) groups excluding carboxylic acids is 1. The van der Waals surface area contributed by atoms with Gasteiger partial charge < -0.3 is 15.1 Å². The summed E-state index contributed by atoms with van der Waals surface area (Å²) in [7, 11) is 2.15. The summed E-state index contributed by atoms with van der Waals surface area (Å²) >= 11 is 0. The smallest absolute Gasteiger partial charge is 0.322 e. The van der Waals surface area contributed by atoms with E-state index in [0.29, 0.717) is 0 Å². The number of carbonyl (C=O) groups is 1. The molecule has 5 heteroatoms. The molecule has 1 fully saturated rings. The Hall–Kier alpha value is -1.62. The van der Waals surface area contributed by atoms with Crippen molar-refractivity contribution in [3.8, 4) is 0 Å². The van der Waals surface area contributed by atoms with Crippen LogP contribution in [0, 0.1) is 0 Å². The molecule has 0 atom stereocenters. The highest BCUT2D eigenvalue weighted by Crippen LogP contribution is 2.05. The summed E-state index contributed by atoms with van der Waals surface area (Å²) in [6.07, 6.45) is 3.34. The summed E-state index contributed by atoms with van der Waals surface area (Å²) in [6.45, 7) is 3.68. The second-order valence-electron chi connectivity index (χ2n) is 4.11. The van der Waals surface area contributed by atoms with Crippen molar-refractivity contribution < 1.29 is 9.69 Å². The van der Waals surface area contributed by atoms with Crippen LogP contribution in [0.2, 0.25) is 0 Å². The maximum absolute atomic E-state index is 11.9. The maximum atomic E-state index is 11.9. The van der Waals surface area contributed by atoms with Crippen molar-refractivity contribution in [2.24, 2.45) is 0 Å². The van der Waals surface area contributed by atoms with Gasteiger partial charge in [-0.15, -0.1) is 0 Å². The molecule has 0 aromatic carbocycles. The molecule has 0 radical (unpaired) electrons. The first-order valence-electron chi connectivity index (χ1n) is 5.53. The van der Waals surface area contributed by atoms with Crippen molar-refractivity contribution in [3.05, 3.63) is 24.5 Å². The molecular formula is C11H17N4O+. The van der Waals surface area contributed by atoms with Crippen molar-refractivity contribution in [2.45, 2.75) is 0 Å². The number of urea groups is 1. The Morgan fingerprint density at radius 1 is 1.38 bits per heavy atom. The zero-order valence-corrected chi connectivity index (χ0v) is 9.44. The first-order chi connectivity index (χ1) is 7.75. The molecule has 2 amide bonds. The van der Waals surface area contributed by atoms with E-state index in [0.717, 1.165) is 31.9 Å². The number of likely N-dealkylation sites (N-methyl/N-ethyl adjacent to an activating group) is 1. The number of nitrogens with one attached hydrogen (secondary N) is 2. The van der Waals surface area contributed by atoms with Crippen LogP contribution in [0.1, 0.15) is 0 Å². The maximum Gasteiger partial charge on any atom is 0.322 e. The van der Waals surface area contributed by atoms with Gasteiger partial charge in [0.05, 0.1) is 33.2 Å². The number of rotatable bonds is 1. The van der Waals surface area contributed by atoms with E-state index in [1.807, 2.05) is 4.90 Å². The Morgan fingerprint density at radius 2 is 2.00 bits per heavy atom. The van der Waals surface area contributed by atoms with E-state index in [1.165, 1.54) is 4.90 Å². The van der Waals surface area contributed by atoms with Gasteiger partial charge in [-0.1, -0.05) is 0 Å². The van der Waals surface area contributed by atoms with E-state index in [2.05, 4.69) is 17.3 Å². The molecule has 2 N–H and O–H groups in total. The summed E-state index contributed by atoms with van der Waals surface area (Å²) in [5.41, 5.74) is 0.797. The second kappa shape index (κ2) is 4.94. The minimum Gasteiger partial charge on any atom is -0.334 e. The Morgan fingerprint density at radius 3 is 2.62 bits per heavy atom. The molecular weight excluding hydrogens is 204 g/mol. The molecule has 1 saturated heterocycles. The minimum atomic E-state index is -0.0151. The van der Waals surface area contributed by atoms with Crippen LogP contribution in [0.4, 0.5) is 10.5 Å². The van der Waals surface area contributed by atoms with E-state index in [-0.39, 0.29) is 6.03 Å². The van der Waals surface area contributed by atoms with Crippen LogP contribution in [0.15, 0.2) is 24.5 Å². The van der Waals surface area contributed by atoms with Crippen LogP contribution in [-0.2, 0) is 0 Å². The standard InChI is InChI=1S/C11H16N4O/c1-14-6-8-15(9-7-14)11(16)13-10-2-4-12-5-3-10/h2-5H,6-9H2,1H3,(H,12,13,16)/p+1. The van der Waals surface area contributed by atoms with Gasteiger partial charge in [-0.25, -0.2) is 4.79 Å². The SMILES string of the molecule is C[NH+]1CCN(C(=O)Nc2ccncc2)CC1. The number of anilines is 1. The number of nitrogens with zero attached hydrogens (tertiary/aromatic N) is 2. The summed E-state index contributed by atoms with van der Waals surface area (Å²) in [5, 5.41) is 2.86. The molecule has 0 saturated carbocycles. The summed E-state index contributed by atoms with van der Waals surface area (Å²) in [6, 6.07) is 3.57. The zero-order valence-electron chi connectivity index (χ0n) is 9.44. The lowest BCUT2D eigenvalue weighted by Crippen LogP contribution is -3.12. The quantitative estimate of drug-likeness (QED) is 0.668. The molecule has 2 rings (SSSR count). The van der Waals surface area contributed by atoms with E-state index in [1.54, 1.807) is 24.5 Å². The molecule has 86 valence electrons. The van der Waals surface area contributed by atoms with Crippen LogP contribution in [0.5, 0.6) is 0 Å². The van der Waals surface area contributed by atoms with Gasteiger partial charge in [0.25, 0.3) is 0 Å². The van der Waals surface area contributed by atoms with Crippen LogP contribution in [0.25, 0.3) is 0 Å². The number of aromatic nitrogens is 1. The van der Waals surface area contributed by atoms with Gasteiger partial charge in [0.15, 0.2) is 0 Å². The number of hydrogen-bond acceptors (Lipinski definition) is 2. The fraction of sp³-hybridized carbons (Fsp3) is 0.455. The number of hydrogen-bond donors (Lipinski definition) is 2. The summed E-state index contributed by atoms with van der Waals surface area (Å²) in [5.74, 6) is 0. The predicted molar refractivity (Wildman–Crippen MR) is 61.4 cm³/mol. The first kappa shape index (κ1) is 10.9. The summed E-state index contributed by atoms with van der Waals surface area (Å²) in [4.78, 5) is 19.1. The number of quaternary nitrogens is 1. The van der Waals surface area contributed by atoms with Crippen molar-refractivity contribution in [1.82, 2.24) is 9.88 Å². The van der Waals surface area contributed by atoms with Crippen LogP contribution < -0.4 is 10.2 Å². The van der Waals surface area contributed by atoms with Gasteiger partial charge in [0, 0.05) is 18.1 Å². The van der Waals surface area contributed by atoms with E-state index in [4.69, 9.17) is 0 Å². The fourth-order valence-electron chi connectivity index (χ4n) is 1.73. The highest BCUT2D eigenvalue weighted by Gasteiger charge is 2.20. The Bertz CT molecular complexity index is 346. The molecule has 5 nitrogen and oxygen atoms in total. The lowest BCUT2D eigenvalue weighted by molar-refractivity contribution is -0.883. The van der Waals surface area contributed by atoms with Crippen LogP contribution >= 0.6 is 0 Å². The molecule has 0 unspecified atom stereocenters. The highest BCUT2D eigenvalue weighted by molar-refractivity contribution is 5.89. The predicted octanol–water partition coefficient (Wildman–Crippen LogP) is -0.556. The number of amides is 2. The number of pyridine rings is 1. The fourth-order valence-corrected chi connectivity index (χ4v) is 1.73. The van der Waals surface area contributed by atoms with Crippen molar-refractivity contribution >= 4 is 11.7 Å². The number of piperazine rings is 1. The molecule has 1 aromatic heterocycles. The monoisotopic (exact) mass is 221 g/mol. The molecule has 16 heavy (non-hydrogen) atoms. The van der Waals surface area contributed by atoms with E-state index in [9.17, 15) is 4.79 Å². The molecule has 0 aliphatic carbocycles. The topological polar surface area (TPSA) is 49.7 Å². The third kappa shape index (κ3) is 2.70. The lowest BCUT2D eigenvalue weighted by atomic mass is 10.3. The minimum absolute atomic E-state index is 0.0151. The van der Waals surface area contributed by atoms with Crippen molar-refractivity contribution in [1.29, 1.82) is 0 Å². The lowest BCUT2D eigenvalue weighted by Gasteiger charge is -2.30. The average molecular weight is 221 g/mol. The van der Waals surface area contributed by atoms with Gasteiger partial charge in [-0.05, 0) is 12.1 Å². The second-order valence-corrected chi connectivity index (χ2v) is 4.11.